The molecule has 0 spiro atoms. The molecule has 0 aliphatic carbocycles. The van der Waals surface area contributed by atoms with Gasteiger partial charge in [-0.2, -0.15) is 0 Å². The Bertz CT molecular complexity index is 1080. The standard InChI is InChI=1S/C28H32O4.CH2O2/c1-5-22-12-14-27(25(19-22)28(29)23-10-8-7-9-11-23)32-21(4)16-17-31-24-13-15-26(30-6-2)20(3)18-24;2-1-3/h7-15,18-19,21H,5-6,16-17H2,1-4H3;1H,(H,2,3). The van der Waals surface area contributed by atoms with Gasteiger partial charge in [-0.25, -0.2) is 0 Å². The minimum absolute atomic E-state index is 0.0239. The number of ether oxygens (including phenoxy) is 3. The number of hydrogen-bond acceptors (Lipinski definition) is 5. The van der Waals surface area contributed by atoms with Crippen LogP contribution in [-0.2, 0) is 11.2 Å². The van der Waals surface area contributed by atoms with Crippen molar-refractivity contribution < 1.29 is 28.9 Å². The monoisotopic (exact) mass is 478 g/mol. The molecule has 0 radical (unpaired) electrons. The van der Waals surface area contributed by atoms with E-state index in [1.165, 1.54) is 0 Å². The molecule has 1 unspecified atom stereocenters. The highest BCUT2D eigenvalue weighted by atomic mass is 16.5. The van der Waals surface area contributed by atoms with Crippen LogP contribution in [0.1, 0.15) is 54.2 Å². The fraction of sp³-hybridized carbons (Fsp3) is 0.310. The van der Waals surface area contributed by atoms with Crippen LogP contribution in [0.4, 0.5) is 0 Å². The zero-order valence-electron chi connectivity index (χ0n) is 20.8. The summed E-state index contributed by atoms with van der Waals surface area (Å²) in [5, 5.41) is 6.89. The van der Waals surface area contributed by atoms with E-state index in [1.54, 1.807) is 0 Å². The predicted octanol–water partition coefficient (Wildman–Crippen LogP) is 6.12. The Hall–Kier alpha value is -3.80. The molecule has 0 aliphatic heterocycles. The number of carbonyl (C=O) groups excluding carboxylic acids is 1. The Morgan fingerprint density at radius 1 is 0.971 bits per heavy atom. The van der Waals surface area contributed by atoms with Crippen LogP contribution in [0.3, 0.4) is 0 Å². The second kappa shape index (κ2) is 14.5. The summed E-state index contributed by atoms with van der Waals surface area (Å²) in [5.74, 6) is 2.28. The minimum Gasteiger partial charge on any atom is -0.494 e. The first kappa shape index (κ1) is 27.4. The van der Waals surface area contributed by atoms with E-state index in [4.69, 9.17) is 24.1 Å². The molecule has 0 aliphatic rings. The van der Waals surface area contributed by atoms with Crippen molar-refractivity contribution in [2.45, 2.75) is 46.6 Å². The minimum atomic E-state index is -0.250. The lowest BCUT2D eigenvalue weighted by Crippen LogP contribution is -2.18. The molecule has 0 bridgehead atoms. The van der Waals surface area contributed by atoms with Crippen molar-refractivity contribution >= 4 is 12.3 Å². The third-order valence-corrected chi connectivity index (χ3v) is 5.30. The average molecular weight is 479 g/mol. The zero-order valence-corrected chi connectivity index (χ0v) is 20.8. The molecule has 186 valence electrons. The quantitative estimate of drug-likeness (QED) is 0.264. The van der Waals surface area contributed by atoms with E-state index in [2.05, 4.69) is 6.92 Å². The van der Waals surface area contributed by atoms with E-state index in [0.717, 1.165) is 29.0 Å². The van der Waals surface area contributed by atoms with Crippen molar-refractivity contribution in [1.82, 2.24) is 0 Å². The molecular formula is C29H34O6. The Balaban J connectivity index is 0.00000137. The summed E-state index contributed by atoms with van der Waals surface area (Å²) in [4.78, 5) is 21.5. The van der Waals surface area contributed by atoms with Crippen LogP contribution in [-0.4, -0.2) is 36.7 Å². The SMILES string of the molecule is CCOc1ccc(OCCC(C)Oc2ccc(CC)cc2C(=O)c2ccccc2)cc1C.O=CO. The van der Waals surface area contributed by atoms with Crippen LogP contribution < -0.4 is 14.2 Å². The first-order valence-corrected chi connectivity index (χ1v) is 11.8. The van der Waals surface area contributed by atoms with Gasteiger partial charge in [-0.05, 0) is 68.7 Å². The Labute approximate surface area is 207 Å². The molecule has 0 saturated carbocycles. The van der Waals surface area contributed by atoms with Crippen LogP contribution in [0.2, 0.25) is 0 Å². The highest BCUT2D eigenvalue weighted by Gasteiger charge is 2.17. The highest BCUT2D eigenvalue weighted by Crippen LogP contribution is 2.26. The second-order valence-electron chi connectivity index (χ2n) is 7.91. The molecule has 0 amide bonds. The molecule has 3 rings (SSSR count). The van der Waals surface area contributed by atoms with Gasteiger partial charge in [-0.1, -0.05) is 43.3 Å². The topological polar surface area (TPSA) is 82.1 Å². The number of carboxylic acid groups (broad SMARTS) is 1. The van der Waals surface area contributed by atoms with Crippen LogP contribution in [0, 0.1) is 6.92 Å². The van der Waals surface area contributed by atoms with Crippen molar-refractivity contribution in [1.29, 1.82) is 0 Å². The van der Waals surface area contributed by atoms with Gasteiger partial charge in [0.2, 0.25) is 0 Å². The summed E-state index contributed by atoms with van der Waals surface area (Å²) < 4.78 is 17.7. The van der Waals surface area contributed by atoms with Gasteiger partial charge in [0.25, 0.3) is 6.47 Å². The molecule has 0 aromatic heterocycles. The summed E-state index contributed by atoms with van der Waals surface area (Å²) in [5.41, 5.74) is 3.42. The number of aryl methyl sites for hydroxylation is 2. The van der Waals surface area contributed by atoms with E-state index in [9.17, 15) is 4.79 Å². The van der Waals surface area contributed by atoms with Gasteiger partial charge >= 0.3 is 0 Å². The maximum absolute atomic E-state index is 13.1. The van der Waals surface area contributed by atoms with Gasteiger partial charge in [0.15, 0.2) is 5.78 Å². The van der Waals surface area contributed by atoms with Crippen LogP contribution in [0.5, 0.6) is 17.2 Å². The van der Waals surface area contributed by atoms with E-state index in [0.29, 0.717) is 36.5 Å². The number of rotatable bonds is 11. The Kier molecular flexibility index (Phi) is 11.3. The number of carbonyl (C=O) groups is 2. The van der Waals surface area contributed by atoms with Gasteiger partial charge in [-0.3, -0.25) is 9.59 Å². The number of ketones is 1. The molecule has 0 fully saturated rings. The molecule has 6 nitrogen and oxygen atoms in total. The predicted molar refractivity (Wildman–Crippen MR) is 137 cm³/mol. The molecule has 3 aromatic rings. The summed E-state index contributed by atoms with van der Waals surface area (Å²) in [7, 11) is 0. The molecule has 0 saturated heterocycles. The third-order valence-electron chi connectivity index (χ3n) is 5.30. The van der Waals surface area contributed by atoms with Crippen molar-refractivity contribution in [3.8, 4) is 17.2 Å². The smallest absolute Gasteiger partial charge is 0.290 e. The summed E-state index contributed by atoms with van der Waals surface area (Å²) in [6.07, 6.45) is 1.45. The van der Waals surface area contributed by atoms with Crippen molar-refractivity contribution in [3.05, 3.63) is 89.0 Å². The lowest BCUT2D eigenvalue weighted by Gasteiger charge is -2.18. The van der Waals surface area contributed by atoms with Crippen LogP contribution >= 0.6 is 0 Å². The zero-order chi connectivity index (χ0) is 25.6. The molecule has 1 N–H and O–H groups in total. The first-order chi connectivity index (χ1) is 16.9. The van der Waals surface area contributed by atoms with Gasteiger partial charge < -0.3 is 19.3 Å². The van der Waals surface area contributed by atoms with Gasteiger partial charge in [0.1, 0.15) is 17.2 Å². The van der Waals surface area contributed by atoms with Gasteiger partial charge in [-0.15, -0.1) is 0 Å². The largest absolute Gasteiger partial charge is 0.494 e. The summed E-state index contributed by atoms with van der Waals surface area (Å²) >= 11 is 0. The summed E-state index contributed by atoms with van der Waals surface area (Å²) in [6, 6.07) is 21.0. The van der Waals surface area contributed by atoms with Crippen molar-refractivity contribution in [2.24, 2.45) is 0 Å². The normalized spacial score (nSPS) is 11.0. The molecule has 3 aromatic carbocycles. The van der Waals surface area contributed by atoms with E-state index in [-0.39, 0.29) is 18.4 Å². The Morgan fingerprint density at radius 2 is 1.66 bits per heavy atom. The number of hydrogen-bond donors (Lipinski definition) is 1. The third kappa shape index (κ3) is 8.49. The maximum atomic E-state index is 13.1. The van der Waals surface area contributed by atoms with Crippen LogP contribution in [0.25, 0.3) is 0 Å². The molecule has 35 heavy (non-hydrogen) atoms. The Morgan fingerprint density at radius 3 is 2.29 bits per heavy atom. The van der Waals surface area contributed by atoms with E-state index < -0.39 is 0 Å². The fourth-order valence-electron chi connectivity index (χ4n) is 3.47. The van der Waals surface area contributed by atoms with Crippen molar-refractivity contribution in [3.63, 3.8) is 0 Å². The van der Waals surface area contributed by atoms with Gasteiger partial charge in [0, 0.05) is 12.0 Å². The second-order valence-corrected chi connectivity index (χ2v) is 7.91. The maximum Gasteiger partial charge on any atom is 0.290 e. The van der Waals surface area contributed by atoms with Crippen molar-refractivity contribution in [2.75, 3.05) is 13.2 Å². The molecule has 0 heterocycles. The van der Waals surface area contributed by atoms with Crippen LogP contribution in [0.15, 0.2) is 66.7 Å². The summed E-state index contributed by atoms with van der Waals surface area (Å²) in [6.45, 7) is 8.97. The highest BCUT2D eigenvalue weighted by molar-refractivity contribution is 6.10. The van der Waals surface area contributed by atoms with E-state index >= 15 is 0 Å². The fourth-order valence-corrected chi connectivity index (χ4v) is 3.47. The lowest BCUT2D eigenvalue weighted by atomic mass is 9.99. The molecular weight excluding hydrogens is 444 g/mol. The number of benzene rings is 3. The first-order valence-electron chi connectivity index (χ1n) is 11.8. The lowest BCUT2D eigenvalue weighted by molar-refractivity contribution is -0.122. The molecule has 1 atom stereocenters. The van der Waals surface area contributed by atoms with Gasteiger partial charge in [0.05, 0.1) is 24.9 Å². The average Bonchev–Trinajstić information content (AvgIpc) is 2.86. The molecule has 6 heteroatoms. The van der Waals surface area contributed by atoms with E-state index in [1.807, 2.05) is 87.5 Å².